The maximum atomic E-state index is 12.9. The van der Waals surface area contributed by atoms with Crippen molar-refractivity contribution in [1.82, 2.24) is 15.8 Å². The van der Waals surface area contributed by atoms with Crippen LogP contribution in [-0.2, 0) is 16.0 Å². The molecule has 4 rings (SSSR count). The number of amides is 5. The number of hydrazine groups is 1. The Bertz CT molecular complexity index is 1040. The lowest BCUT2D eigenvalue weighted by Gasteiger charge is -2.22. The van der Waals surface area contributed by atoms with Gasteiger partial charge in [0.05, 0.1) is 0 Å². The van der Waals surface area contributed by atoms with Gasteiger partial charge in [-0.3, -0.25) is 19.8 Å². The second-order valence-corrected chi connectivity index (χ2v) is 8.03. The van der Waals surface area contributed by atoms with Crippen molar-refractivity contribution >= 4 is 29.4 Å². The van der Waals surface area contributed by atoms with Crippen LogP contribution in [0.4, 0.5) is 10.5 Å². The molecule has 2 aliphatic heterocycles. The molecule has 2 aliphatic rings. The largest absolute Gasteiger partial charge is 0.344 e. The molecule has 0 radical (unpaired) electrons. The number of anilines is 1. The number of nitrogens with one attached hydrogen (secondary N) is 2. The van der Waals surface area contributed by atoms with E-state index in [4.69, 9.17) is 0 Å². The van der Waals surface area contributed by atoms with Gasteiger partial charge >= 0.3 is 6.03 Å². The Hall–Kier alpha value is -3.68. The zero-order chi connectivity index (χ0) is 22.0. The van der Waals surface area contributed by atoms with Crippen molar-refractivity contribution in [2.24, 2.45) is 0 Å². The number of benzene rings is 2. The first-order valence-corrected chi connectivity index (χ1v) is 10.3. The van der Waals surface area contributed by atoms with Crippen LogP contribution >= 0.6 is 0 Å². The number of hydrogen-bond donors (Lipinski definition) is 2. The molecule has 0 spiro atoms. The molecule has 8 heteroatoms. The third-order valence-electron chi connectivity index (χ3n) is 5.72. The van der Waals surface area contributed by atoms with Crippen LogP contribution in [0.2, 0.25) is 0 Å². The van der Waals surface area contributed by atoms with Crippen molar-refractivity contribution in [3.05, 3.63) is 65.7 Å². The lowest BCUT2D eigenvalue weighted by molar-refractivity contribution is -0.132. The Morgan fingerprint density at radius 1 is 1.10 bits per heavy atom. The zero-order valence-electron chi connectivity index (χ0n) is 17.3. The number of aryl methyl sites for hydroxylation is 1. The summed E-state index contributed by atoms with van der Waals surface area (Å²) in [6.07, 6.45) is 2.28. The van der Waals surface area contributed by atoms with Crippen LogP contribution in [0.15, 0.2) is 54.6 Å². The molecule has 2 heterocycles. The summed E-state index contributed by atoms with van der Waals surface area (Å²) in [6, 6.07) is 15.6. The van der Waals surface area contributed by atoms with Crippen molar-refractivity contribution in [1.29, 1.82) is 0 Å². The zero-order valence-corrected chi connectivity index (χ0v) is 17.3. The van der Waals surface area contributed by atoms with Crippen LogP contribution in [0, 0.1) is 0 Å². The van der Waals surface area contributed by atoms with Crippen LogP contribution in [0.25, 0.3) is 0 Å². The lowest BCUT2D eigenvalue weighted by atomic mass is 9.93. The first-order valence-electron chi connectivity index (χ1n) is 10.3. The molecule has 160 valence electrons. The minimum atomic E-state index is -1.11. The van der Waals surface area contributed by atoms with Gasteiger partial charge in [-0.2, -0.15) is 5.01 Å². The van der Waals surface area contributed by atoms with E-state index in [9.17, 15) is 19.2 Å². The van der Waals surface area contributed by atoms with Gasteiger partial charge < -0.3 is 10.2 Å². The number of hydrogen-bond acceptors (Lipinski definition) is 4. The molecule has 0 aliphatic carbocycles. The van der Waals surface area contributed by atoms with Crippen LogP contribution in [-0.4, -0.2) is 40.8 Å². The number of carbonyl (C=O) groups is 4. The Morgan fingerprint density at radius 2 is 1.87 bits per heavy atom. The summed E-state index contributed by atoms with van der Waals surface area (Å²) in [5.41, 5.74) is 3.24. The normalized spacial score (nSPS) is 20.9. The third-order valence-corrected chi connectivity index (χ3v) is 5.72. The quantitative estimate of drug-likeness (QED) is 0.701. The predicted octanol–water partition coefficient (Wildman–Crippen LogP) is 2.40. The summed E-state index contributed by atoms with van der Waals surface area (Å²) in [6.45, 7) is 2.26. The molecule has 2 saturated heterocycles. The Morgan fingerprint density at radius 3 is 2.58 bits per heavy atom. The summed E-state index contributed by atoms with van der Waals surface area (Å²) in [4.78, 5) is 51.7. The van der Waals surface area contributed by atoms with E-state index in [1.165, 1.54) is 0 Å². The molecular formula is C23H24N4O4. The van der Waals surface area contributed by atoms with E-state index in [2.05, 4.69) is 10.7 Å². The summed E-state index contributed by atoms with van der Waals surface area (Å²) < 4.78 is 0. The van der Waals surface area contributed by atoms with Gasteiger partial charge in [0.25, 0.3) is 11.8 Å². The Kier molecular flexibility index (Phi) is 5.46. The first-order chi connectivity index (χ1) is 14.9. The fourth-order valence-electron chi connectivity index (χ4n) is 3.90. The highest BCUT2D eigenvalue weighted by Gasteiger charge is 2.48. The first kappa shape index (κ1) is 20.6. The molecule has 2 N–H and O–H groups in total. The van der Waals surface area contributed by atoms with Gasteiger partial charge in [-0.1, -0.05) is 36.4 Å². The molecule has 31 heavy (non-hydrogen) atoms. The molecule has 1 atom stereocenters. The fourth-order valence-corrected chi connectivity index (χ4v) is 3.90. The van der Waals surface area contributed by atoms with Crippen molar-refractivity contribution in [2.45, 2.75) is 38.1 Å². The predicted molar refractivity (Wildman–Crippen MR) is 114 cm³/mol. The summed E-state index contributed by atoms with van der Waals surface area (Å²) in [5, 5.41) is 3.43. The standard InChI is InChI=1S/C23H24N4O4/c1-23(13-12-16-7-3-2-4-8-16)21(30)27(22(31)24-23)25-20(29)17-9-5-10-18(15-17)26-14-6-11-19(26)28/h2-5,7-10,15H,6,11-14H2,1H3,(H,24,31)(H,25,29). The van der Waals surface area contributed by atoms with Crippen LogP contribution in [0.1, 0.15) is 42.1 Å². The van der Waals surface area contributed by atoms with Crippen LogP contribution in [0.5, 0.6) is 0 Å². The Balaban J connectivity index is 1.44. The minimum Gasteiger partial charge on any atom is -0.322 e. The average molecular weight is 420 g/mol. The van der Waals surface area contributed by atoms with Crippen molar-refractivity contribution < 1.29 is 19.2 Å². The average Bonchev–Trinajstić information content (AvgIpc) is 3.30. The van der Waals surface area contributed by atoms with Crippen molar-refractivity contribution in [3.63, 3.8) is 0 Å². The molecule has 0 aromatic heterocycles. The number of carbonyl (C=O) groups excluding carboxylic acids is 4. The van der Waals surface area contributed by atoms with Gasteiger partial charge in [0.1, 0.15) is 5.54 Å². The topological polar surface area (TPSA) is 98.8 Å². The number of nitrogens with zero attached hydrogens (tertiary/aromatic N) is 2. The molecule has 0 bridgehead atoms. The smallest absolute Gasteiger partial charge is 0.322 e. The van der Waals surface area contributed by atoms with E-state index in [0.717, 1.165) is 17.0 Å². The summed E-state index contributed by atoms with van der Waals surface area (Å²) in [5.74, 6) is -1.09. The monoisotopic (exact) mass is 420 g/mol. The molecule has 2 fully saturated rings. The third kappa shape index (κ3) is 4.14. The van der Waals surface area contributed by atoms with Gasteiger partial charge in [-0.15, -0.1) is 0 Å². The van der Waals surface area contributed by atoms with Crippen molar-refractivity contribution in [2.75, 3.05) is 11.4 Å². The van der Waals surface area contributed by atoms with Crippen LogP contribution in [0.3, 0.4) is 0 Å². The molecule has 2 aromatic rings. The van der Waals surface area contributed by atoms with Gasteiger partial charge in [0, 0.05) is 24.2 Å². The van der Waals surface area contributed by atoms with E-state index < -0.39 is 23.4 Å². The van der Waals surface area contributed by atoms with Gasteiger partial charge in [-0.05, 0) is 49.9 Å². The van der Waals surface area contributed by atoms with E-state index in [-0.39, 0.29) is 11.5 Å². The van der Waals surface area contributed by atoms with Gasteiger partial charge in [0.15, 0.2) is 0 Å². The van der Waals surface area contributed by atoms with E-state index in [1.807, 2.05) is 30.3 Å². The fraction of sp³-hybridized carbons (Fsp3) is 0.304. The number of urea groups is 1. The van der Waals surface area contributed by atoms with Crippen LogP contribution < -0.4 is 15.6 Å². The summed E-state index contributed by atoms with van der Waals surface area (Å²) in [7, 11) is 0. The molecular weight excluding hydrogens is 396 g/mol. The highest BCUT2D eigenvalue weighted by atomic mass is 16.2. The maximum Gasteiger partial charge on any atom is 0.344 e. The maximum absolute atomic E-state index is 12.9. The Labute approximate surface area is 180 Å². The molecule has 8 nitrogen and oxygen atoms in total. The van der Waals surface area contributed by atoms with E-state index in [1.54, 1.807) is 36.1 Å². The molecule has 1 unspecified atom stereocenters. The highest BCUT2D eigenvalue weighted by molar-refractivity contribution is 6.09. The van der Waals surface area contributed by atoms with E-state index >= 15 is 0 Å². The number of imide groups is 1. The molecule has 5 amide bonds. The second kappa shape index (κ2) is 8.22. The molecule has 2 aromatic carbocycles. The number of rotatable bonds is 6. The molecule has 0 saturated carbocycles. The SMILES string of the molecule is CC1(CCc2ccccc2)NC(=O)N(NC(=O)c2cccc(N3CCCC3=O)c2)C1=O. The second-order valence-electron chi connectivity index (χ2n) is 8.03. The van der Waals surface area contributed by atoms with Crippen molar-refractivity contribution in [3.8, 4) is 0 Å². The van der Waals surface area contributed by atoms with E-state index in [0.29, 0.717) is 31.5 Å². The lowest BCUT2D eigenvalue weighted by Crippen LogP contribution is -2.49. The van der Waals surface area contributed by atoms with Gasteiger partial charge in [-0.25, -0.2) is 4.79 Å². The van der Waals surface area contributed by atoms with Gasteiger partial charge in [0.2, 0.25) is 5.91 Å². The summed E-state index contributed by atoms with van der Waals surface area (Å²) >= 11 is 0. The highest BCUT2D eigenvalue weighted by Crippen LogP contribution is 2.24. The minimum absolute atomic E-state index is 0.0147.